The molecule has 0 bridgehead atoms. The van der Waals surface area contributed by atoms with E-state index in [-0.39, 0.29) is 23.9 Å². The Balaban J connectivity index is 1.63. The second-order valence-electron chi connectivity index (χ2n) is 7.15. The molecule has 144 valence electrons. The fourth-order valence-corrected chi connectivity index (χ4v) is 3.56. The summed E-state index contributed by atoms with van der Waals surface area (Å²) in [6.45, 7) is 2.25. The minimum absolute atomic E-state index is 0.0959. The number of methoxy groups -OCH3 is 1. The molecule has 1 aliphatic rings. The Morgan fingerprint density at radius 1 is 1.26 bits per heavy atom. The number of nitrogens with one attached hydrogen (secondary N) is 1. The van der Waals surface area contributed by atoms with Crippen LogP contribution in [-0.2, 0) is 30.6 Å². The van der Waals surface area contributed by atoms with Crippen molar-refractivity contribution >= 4 is 5.91 Å². The van der Waals surface area contributed by atoms with Crippen LogP contribution in [0.5, 0.6) is 5.75 Å². The van der Waals surface area contributed by atoms with Gasteiger partial charge in [0.15, 0.2) is 0 Å². The van der Waals surface area contributed by atoms with Gasteiger partial charge in [-0.3, -0.25) is 9.59 Å². The third-order valence-corrected chi connectivity index (χ3v) is 4.92. The first-order valence-corrected chi connectivity index (χ1v) is 9.58. The number of rotatable bonds is 6. The number of benzene rings is 1. The van der Waals surface area contributed by atoms with Crippen LogP contribution in [0.3, 0.4) is 0 Å². The molecule has 0 radical (unpaired) electrons. The van der Waals surface area contributed by atoms with Crippen molar-refractivity contribution < 1.29 is 9.53 Å². The molecule has 1 heterocycles. The number of carbonyl (C=O) groups is 1. The number of carbonyl (C=O) groups excluding carboxylic acids is 1. The third kappa shape index (κ3) is 4.96. The highest BCUT2D eigenvalue weighted by molar-refractivity contribution is 5.79. The minimum Gasteiger partial charge on any atom is -0.496 e. The van der Waals surface area contributed by atoms with E-state index in [0.29, 0.717) is 12.3 Å². The van der Waals surface area contributed by atoms with E-state index < -0.39 is 0 Å². The Hall–Kier alpha value is -2.63. The number of nitrogens with zero attached hydrogens (tertiary/aromatic N) is 2. The quantitative estimate of drug-likeness (QED) is 0.793. The van der Waals surface area contributed by atoms with E-state index in [4.69, 9.17) is 4.74 Å². The molecule has 2 aromatic rings. The molecule has 0 fully saturated rings. The van der Waals surface area contributed by atoms with Gasteiger partial charge in [0.1, 0.15) is 5.75 Å². The molecule has 1 aromatic carbocycles. The summed E-state index contributed by atoms with van der Waals surface area (Å²) in [5, 5.41) is 7.52. The summed E-state index contributed by atoms with van der Waals surface area (Å²) >= 11 is 0. The lowest BCUT2D eigenvalue weighted by atomic mass is 10.1. The van der Waals surface area contributed by atoms with Gasteiger partial charge in [0.05, 0.1) is 25.8 Å². The Bertz CT molecular complexity index is 860. The van der Waals surface area contributed by atoms with E-state index >= 15 is 0 Å². The average molecular weight is 369 g/mol. The molecule has 0 aliphatic heterocycles. The normalized spacial score (nSPS) is 14.7. The SMILES string of the molecule is COc1ccccc1CC(=O)N[C@@H](C)Cn1nc2c(cc1=O)CCCCC2. The summed E-state index contributed by atoms with van der Waals surface area (Å²) in [6, 6.07) is 9.00. The van der Waals surface area contributed by atoms with Crippen molar-refractivity contribution in [1.82, 2.24) is 15.1 Å². The first-order valence-electron chi connectivity index (χ1n) is 9.58. The fourth-order valence-electron chi connectivity index (χ4n) is 3.56. The lowest BCUT2D eigenvalue weighted by Crippen LogP contribution is -2.40. The van der Waals surface area contributed by atoms with Gasteiger partial charge in [0.2, 0.25) is 5.91 Å². The van der Waals surface area contributed by atoms with Gasteiger partial charge in [0.25, 0.3) is 5.56 Å². The summed E-state index contributed by atoms with van der Waals surface area (Å²) in [7, 11) is 1.59. The third-order valence-electron chi connectivity index (χ3n) is 4.92. The van der Waals surface area contributed by atoms with Crippen molar-refractivity contribution in [2.24, 2.45) is 0 Å². The Morgan fingerprint density at radius 3 is 2.85 bits per heavy atom. The molecule has 0 spiro atoms. The molecule has 1 N–H and O–H groups in total. The predicted molar refractivity (Wildman–Crippen MR) is 104 cm³/mol. The molecule has 1 atom stereocenters. The summed E-state index contributed by atoms with van der Waals surface area (Å²) < 4.78 is 6.77. The van der Waals surface area contributed by atoms with Gasteiger partial charge in [-0.05, 0) is 44.2 Å². The van der Waals surface area contributed by atoms with Crippen LogP contribution >= 0.6 is 0 Å². The number of hydrogen-bond acceptors (Lipinski definition) is 4. The number of aryl methyl sites for hydroxylation is 2. The van der Waals surface area contributed by atoms with Crippen molar-refractivity contribution in [3.8, 4) is 5.75 Å². The average Bonchev–Trinajstić information content (AvgIpc) is 2.87. The molecular formula is C21H27N3O3. The van der Waals surface area contributed by atoms with E-state index in [0.717, 1.165) is 42.5 Å². The lowest BCUT2D eigenvalue weighted by Gasteiger charge is -2.16. The number of aromatic nitrogens is 2. The van der Waals surface area contributed by atoms with Crippen molar-refractivity contribution in [2.75, 3.05) is 7.11 Å². The number of para-hydroxylation sites is 1. The highest BCUT2D eigenvalue weighted by atomic mass is 16.5. The summed E-state index contributed by atoms with van der Waals surface area (Å²) in [6.07, 6.45) is 5.51. The number of hydrogen-bond donors (Lipinski definition) is 1. The molecule has 3 rings (SSSR count). The zero-order chi connectivity index (χ0) is 19.2. The van der Waals surface area contributed by atoms with Crippen LogP contribution in [0.2, 0.25) is 0 Å². The second kappa shape index (κ2) is 8.84. The summed E-state index contributed by atoms with van der Waals surface area (Å²) in [5.74, 6) is 0.596. The van der Waals surface area contributed by atoms with E-state index in [1.54, 1.807) is 13.2 Å². The van der Waals surface area contributed by atoms with Gasteiger partial charge in [-0.25, -0.2) is 4.68 Å². The molecule has 0 saturated heterocycles. The van der Waals surface area contributed by atoms with Gasteiger partial charge in [-0.1, -0.05) is 24.6 Å². The van der Waals surface area contributed by atoms with Gasteiger partial charge < -0.3 is 10.1 Å². The van der Waals surface area contributed by atoms with E-state index in [9.17, 15) is 9.59 Å². The smallest absolute Gasteiger partial charge is 0.267 e. The number of amides is 1. The molecule has 0 saturated carbocycles. The Morgan fingerprint density at radius 2 is 2.04 bits per heavy atom. The van der Waals surface area contributed by atoms with E-state index in [2.05, 4.69) is 10.4 Å². The second-order valence-corrected chi connectivity index (χ2v) is 7.15. The molecule has 0 unspecified atom stereocenters. The highest BCUT2D eigenvalue weighted by Gasteiger charge is 2.15. The Kier molecular flexibility index (Phi) is 6.27. The fraction of sp³-hybridized carbons (Fsp3) is 0.476. The first-order chi connectivity index (χ1) is 13.1. The van der Waals surface area contributed by atoms with Gasteiger partial charge in [-0.2, -0.15) is 5.10 Å². The molecule has 1 aromatic heterocycles. The monoisotopic (exact) mass is 369 g/mol. The maximum absolute atomic E-state index is 12.4. The highest BCUT2D eigenvalue weighted by Crippen LogP contribution is 2.18. The topological polar surface area (TPSA) is 73.2 Å². The lowest BCUT2D eigenvalue weighted by molar-refractivity contribution is -0.121. The summed E-state index contributed by atoms with van der Waals surface area (Å²) in [5.41, 5.74) is 2.85. The zero-order valence-electron chi connectivity index (χ0n) is 16.0. The molecule has 27 heavy (non-hydrogen) atoms. The van der Waals surface area contributed by atoms with Crippen LogP contribution in [-0.4, -0.2) is 28.8 Å². The van der Waals surface area contributed by atoms with Crippen LogP contribution in [0.4, 0.5) is 0 Å². The largest absolute Gasteiger partial charge is 0.496 e. The van der Waals surface area contributed by atoms with Gasteiger partial charge in [0, 0.05) is 17.7 Å². The molecule has 6 nitrogen and oxygen atoms in total. The first kappa shape index (κ1) is 19.1. The maximum Gasteiger partial charge on any atom is 0.267 e. The standard InChI is InChI=1S/C21H27N3O3/c1-15(22-20(25)12-17-9-6-7-11-19(17)27-2)14-24-21(26)13-16-8-4-3-5-10-18(16)23-24/h6-7,9,11,13,15H,3-5,8,10,12,14H2,1-2H3,(H,22,25)/t15-/m0/s1. The van der Waals surface area contributed by atoms with E-state index in [1.807, 2.05) is 31.2 Å². The van der Waals surface area contributed by atoms with Crippen molar-refractivity contribution in [3.05, 3.63) is 57.5 Å². The van der Waals surface area contributed by atoms with Crippen molar-refractivity contribution in [3.63, 3.8) is 0 Å². The summed E-state index contributed by atoms with van der Waals surface area (Å²) in [4.78, 5) is 24.7. The minimum atomic E-state index is -0.193. The van der Waals surface area contributed by atoms with Crippen LogP contribution < -0.4 is 15.6 Å². The van der Waals surface area contributed by atoms with Crippen molar-refractivity contribution in [2.45, 2.75) is 58.0 Å². The van der Waals surface area contributed by atoms with Gasteiger partial charge in [-0.15, -0.1) is 0 Å². The van der Waals surface area contributed by atoms with E-state index in [1.165, 1.54) is 11.1 Å². The van der Waals surface area contributed by atoms with Crippen molar-refractivity contribution in [1.29, 1.82) is 0 Å². The maximum atomic E-state index is 12.4. The molecule has 1 amide bonds. The molecule has 1 aliphatic carbocycles. The number of ether oxygens (including phenoxy) is 1. The molecular weight excluding hydrogens is 342 g/mol. The zero-order valence-corrected chi connectivity index (χ0v) is 16.0. The number of fused-ring (bicyclic) bond motifs is 1. The van der Waals surface area contributed by atoms with Crippen LogP contribution in [0.1, 0.15) is 43.0 Å². The molecule has 6 heteroatoms. The van der Waals surface area contributed by atoms with Crippen LogP contribution in [0.25, 0.3) is 0 Å². The van der Waals surface area contributed by atoms with Crippen LogP contribution in [0.15, 0.2) is 35.1 Å². The van der Waals surface area contributed by atoms with Gasteiger partial charge >= 0.3 is 0 Å². The Labute approximate surface area is 159 Å². The van der Waals surface area contributed by atoms with Crippen LogP contribution in [0, 0.1) is 0 Å². The predicted octanol–water partition coefficient (Wildman–Crippen LogP) is 2.27.